The number of rotatable bonds is 8. The van der Waals surface area contributed by atoms with Gasteiger partial charge in [-0.2, -0.15) is 0 Å². The molecule has 2 heterocycles. The van der Waals surface area contributed by atoms with Crippen molar-refractivity contribution in [1.82, 2.24) is 20.4 Å². The summed E-state index contributed by atoms with van der Waals surface area (Å²) in [5.41, 5.74) is 0.122. The number of likely N-dealkylation sites (tertiary alicyclic amines) is 1. The lowest BCUT2D eigenvalue weighted by Crippen LogP contribution is -2.50. The third kappa shape index (κ3) is 4.79. The maximum Gasteiger partial charge on any atom is 0.325 e. The van der Waals surface area contributed by atoms with Gasteiger partial charge in [0.2, 0.25) is 11.8 Å². The van der Waals surface area contributed by atoms with Crippen LogP contribution < -0.4 is 10.6 Å². The van der Waals surface area contributed by atoms with Crippen LogP contribution in [0.4, 0.5) is 4.79 Å². The van der Waals surface area contributed by atoms with Gasteiger partial charge in [0.1, 0.15) is 12.1 Å². The fourth-order valence-electron chi connectivity index (χ4n) is 4.67. The van der Waals surface area contributed by atoms with Crippen molar-refractivity contribution in [2.75, 3.05) is 19.6 Å². The van der Waals surface area contributed by atoms with Crippen LogP contribution in [0, 0.1) is 0 Å². The van der Waals surface area contributed by atoms with E-state index in [2.05, 4.69) is 10.6 Å². The minimum atomic E-state index is -0.905. The Hall–Kier alpha value is -2.90. The van der Waals surface area contributed by atoms with Crippen molar-refractivity contribution in [3.8, 4) is 0 Å². The Kier molecular flexibility index (Phi) is 7.53. The highest BCUT2D eigenvalue weighted by Crippen LogP contribution is 2.25. The molecule has 2 saturated heterocycles. The number of piperidine rings is 1. The Balaban J connectivity index is 1.51. The lowest BCUT2D eigenvalue weighted by Gasteiger charge is -2.34. The van der Waals surface area contributed by atoms with E-state index in [1.807, 2.05) is 56.0 Å². The molecule has 0 aliphatic carbocycles. The summed E-state index contributed by atoms with van der Waals surface area (Å²) in [6.45, 7) is 6.58. The van der Waals surface area contributed by atoms with E-state index in [0.717, 1.165) is 16.9 Å². The highest BCUT2D eigenvalue weighted by atomic mass is 16.2. The van der Waals surface area contributed by atoms with Gasteiger partial charge < -0.3 is 15.5 Å². The van der Waals surface area contributed by atoms with Gasteiger partial charge in [0.25, 0.3) is 5.91 Å². The summed E-state index contributed by atoms with van der Waals surface area (Å²) in [5.74, 6) is -0.718. The molecule has 3 rings (SSSR count). The molecule has 0 aromatic heterocycles. The zero-order valence-electron chi connectivity index (χ0n) is 19.2. The lowest BCUT2D eigenvalue weighted by atomic mass is 9.93. The summed E-state index contributed by atoms with van der Waals surface area (Å²) in [7, 11) is 0. The first kappa shape index (κ1) is 23.8. The first-order chi connectivity index (χ1) is 15.3. The summed E-state index contributed by atoms with van der Waals surface area (Å²) < 4.78 is 0. The molecule has 174 valence electrons. The predicted octanol–water partition coefficient (Wildman–Crippen LogP) is 2.40. The van der Waals surface area contributed by atoms with Gasteiger partial charge in [0.15, 0.2) is 0 Å². The van der Waals surface area contributed by atoms with E-state index < -0.39 is 11.6 Å². The number of hydrogen-bond acceptors (Lipinski definition) is 4. The number of carbonyl (C=O) groups excluding carboxylic acids is 4. The van der Waals surface area contributed by atoms with E-state index in [-0.39, 0.29) is 36.2 Å². The van der Waals surface area contributed by atoms with E-state index in [4.69, 9.17) is 0 Å². The molecule has 1 aromatic rings. The van der Waals surface area contributed by atoms with Crippen LogP contribution in [0.5, 0.6) is 0 Å². The third-order valence-corrected chi connectivity index (χ3v) is 6.83. The van der Waals surface area contributed by atoms with Crippen LogP contribution in [0.3, 0.4) is 0 Å². The van der Waals surface area contributed by atoms with E-state index >= 15 is 0 Å². The second-order valence-electron chi connectivity index (χ2n) is 8.65. The highest BCUT2D eigenvalue weighted by molar-refractivity contribution is 6.09. The molecule has 32 heavy (non-hydrogen) atoms. The minimum absolute atomic E-state index is 0.0776. The maximum atomic E-state index is 13.0. The fraction of sp³-hybridized carbons (Fsp3) is 0.583. The van der Waals surface area contributed by atoms with Gasteiger partial charge in [-0.15, -0.1) is 0 Å². The number of imide groups is 1. The molecule has 0 bridgehead atoms. The largest absolute Gasteiger partial charge is 0.352 e. The Bertz CT molecular complexity index is 845. The summed E-state index contributed by atoms with van der Waals surface area (Å²) in [6, 6.07) is 9.22. The second-order valence-corrected chi connectivity index (χ2v) is 8.65. The SMILES string of the molecule is CCC(C(=O)N1CCC(NC(=O)CN2C(=O)NC(CC)(CC)C2=O)CC1)c1ccccc1. The summed E-state index contributed by atoms with van der Waals surface area (Å²) in [5, 5.41) is 5.67. The first-order valence-corrected chi connectivity index (χ1v) is 11.6. The number of nitrogens with one attached hydrogen (secondary N) is 2. The predicted molar refractivity (Wildman–Crippen MR) is 121 cm³/mol. The molecule has 5 amide bonds. The molecule has 0 radical (unpaired) electrons. The third-order valence-electron chi connectivity index (χ3n) is 6.83. The lowest BCUT2D eigenvalue weighted by molar-refractivity contribution is -0.136. The van der Waals surface area contributed by atoms with Gasteiger partial charge in [-0.25, -0.2) is 4.79 Å². The second kappa shape index (κ2) is 10.1. The van der Waals surface area contributed by atoms with Crippen LogP contribution in [0.2, 0.25) is 0 Å². The molecule has 8 nitrogen and oxygen atoms in total. The summed E-state index contributed by atoms with van der Waals surface area (Å²) in [4.78, 5) is 53.4. The van der Waals surface area contributed by atoms with Gasteiger partial charge in [-0.05, 0) is 37.7 Å². The number of benzene rings is 1. The topological polar surface area (TPSA) is 98.8 Å². The van der Waals surface area contributed by atoms with Crippen molar-refractivity contribution in [2.24, 2.45) is 0 Å². The van der Waals surface area contributed by atoms with Gasteiger partial charge >= 0.3 is 6.03 Å². The maximum absolute atomic E-state index is 13.0. The standard InChI is InChI=1S/C24H34N4O4/c1-4-19(17-10-8-7-9-11-17)21(30)27-14-12-18(13-15-27)25-20(29)16-28-22(31)24(5-2,6-3)26-23(28)32/h7-11,18-19H,4-6,12-16H2,1-3H3,(H,25,29)(H,26,32). The van der Waals surface area contributed by atoms with E-state index in [1.54, 1.807) is 0 Å². The molecular weight excluding hydrogens is 408 g/mol. The number of nitrogens with zero attached hydrogens (tertiary/aromatic N) is 2. The Morgan fingerprint density at radius 3 is 2.25 bits per heavy atom. The zero-order chi connectivity index (χ0) is 23.3. The molecule has 1 aromatic carbocycles. The molecule has 2 aliphatic heterocycles. The van der Waals surface area contributed by atoms with Gasteiger partial charge in [-0.3, -0.25) is 19.3 Å². The molecule has 1 unspecified atom stereocenters. The molecule has 2 fully saturated rings. The Labute approximate surface area is 189 Å². The summed E-state index contributed by atoms with van der Waals surface area (Å²) >= 11 is 0. The Morgan fingerprint density at radius 2 is 1.72 bits per heavy atom. The quantitative estimate of drug-likeness (QED) is 0.604. The average Bonchev–Trinajstić information content (AvgIpc) is 3.05. The van der Waals surface area contributed by atoms with Crippen molar-refractivity contribution in [3.05, 3.63) is 35.9 Å². The van der Waals surface area contributed by atoms with Crippen LogP contribution in [-0.2, 0) is 14.4 Å². The van der Waals surface area contributed by atoms with E-state index in [1.165, 1.54) is 0 Å². The molecule has 0 spiro atoms. The molecular formula is C24H34N4O4. The van der Waals surface area contributed by atoms with Crippen molar-refractivity contribution < 1.29 is 19.2 Å². The van der Waals surface area contributed by atoms with Gasteiger partial charge in [0, 0.05) is 19.1 Å². The van der Waals surface area contributed by atoms with Crippen molar-refractivity contribution in [3.63, 3.8) is 0 Å². The number of carbonyl (C=O) groups is 4. The Morgan fingerprint density at radius 1 is 1.09 bits per heavy atom. The highest BCUT2D eigenvalue weighted by Gasteiger charge is 2.49. The van der Waals surface area contributed by atoms with Crippen molar-refractivity contribution in [1.29, 1.82) is 0 Å². The van der Waals surface area contributed by atoms with Crippen LogP contribution >= 0.6 is 0 Å². The minimum Gasteiger partial charge on any atom is -0.352 e. The first-order valence-electron chi connectivity index (χ1n) is 11.6. The van der Waals surface area contributed by atoms with Crippen LogP contribution in [0.1, 0.15) is 64.4 Å². The molecule has 1 atom stereocenters. The molecule has 8 heteroatoms. The molecule has 0 saturated carbocycles. The van der Waals surface area contributed by atoms with E-state index in [9.17, 15) is 19.2 Å². The fourth-order valence-corrected chi connectivity index (χ4v) is 4.67. The van der Waals surface area contributed by atoms with Crippen LogP contribution in [-0.4, -0.2) is 64.8 Å². The summed E-state index contributed by atoms with van der Waals surface area (Å²) in [6.07, 6.45) is 3.01. The van der Waals surface area contributed by atoms with Crippen LogP contribution in [0.15, 0.2) is 30.3 Å². The number of amides is 5. The molecule has 2 aliphatic rings. The van der Waals surface area contributed by atoms with Gasteiger partial charge in [0.05, 0.1) is 5.92 Å². The zero-order valence-corrected chi connectivity index (χ0v) is 19.2. The molecule has 2 N–H and O–H groups in total. The number of urea groups is 1. The average molecular weight is 443 g/mol. The number of hydrogen-bond donors (Lipinski definition) is 2. The van der Waals surface area contributed by atoms with Crippen molar-refractivity contribution >= 4 is 23.8 Å². The normalized spacial score (nSPS) is 19.6. The monoisotopic (exact) mass is 442 g/mol. The van der Waals surface area contributed by atoms with Crippen LogP contribution in [0.25, 0.3) is 0 Å². The van der Waals surface area contributed by atoms with Gasteiger partial charge in [-0.1, -0.05) is 51.1 Å². The van der Waals surface area contributed by atoms with Crippen molar-refractivity contribution in [2.45, 2.75) is 70.4 Å². The van der Waals surface area contributed by atoms with E-state index in [0.29, 0.717) is 38.8 Å². The smallest absolute Gasteiger partial charge is 0.325 e.